The van der Waals surface area contributed by atoms with Crippen LogP contribution in [-0.4, -0.2) is 31.4 Å². The van der Waals surface area contributed by atoms with Crippen molar-refractivity contribution in [2.24, 2.45) is 4.99 Å². The van der Waals surface area contributed by atoms with Crippen molar-refractivity contribution < 1.29 is 19.0 Å². The van der Waals surface area contributed by atoms with Crippen molar-refractivity contribution in [3.05, 3.63) is 90.1 Å². The Morgan fingerprint density at radius 2 is 1.86 bits per heavy atom. The third-order valence-corrected chi connectivity index (χ3v) is 7.14. The largest absolute Gasteiger partial charge is 0.493 e. The summed E-state index contributed by atoms with van der Waals surface area (Å²) in [6.45, 7) is 8.02. The fourth-order valence-corrected chi connectivity index (χ4v) is 5.37. The third kappa shape index (κ3) is 4.60. The lowest BCUT2D eigenvalue weighted by atomic mass is 9.93. The number of carbonyl (C=O) groups is 1. The molecule has 1 aliphatic rings. The molecule has 0 amide bonds. The number of thiazole rings is 1. The lowest BCUT2D eigenvalue weighted by Gasteiger charge is -2.25. The molecule has 1 unspecified atom stereocenters. The van der Waals surface area contributed by atoms with Crippen LogP contribution < -0.4 is 24.4 Å². The summed E-state index contributed by atoms with van der Waals surface area (Å²) in [5, 5.41) is 0. The second kappa shape index (κ2) is 10.5. The van der Waals surface area contributed by atoms with Crippen LogP contribution in [0.4, 0.5) is 0 Å². The number of hydrogen-bond donors (Lipinski definition) is 0. The molecule has 7 nitrogen and oxygen atoms in total. The van der Waals surface area contributed by atoms with Gasteiger partial charge in [0.2, 0.25) is 0 Å². The molecule has 1 aliphatic heterocycles. The molecular weight excluding hydrogens is 476 g/mol. The Morgan fingerprint density at radius 3 is 2.47 bits per heavy atom. The minimum Gasteiger partial charge on any atom is -0.493 e. The molecule has 3 aromatic rings. The third-order valence-electron chi connectivity index (χ3n) is 6.16. The zero-order valence-electron chi connectivity index (χ0n) is 21.3. The summed E-state index contributed by atoms with van der Waals surface area (Å²) < 4.78 is 18.4. The van der Waals surface area contributed by atoms with E-state index in [1.807, 2.05) is 36.4 Å². The number of para-hydroxylation sites is 1. The van der Waals surface area contributed by atoms with Gasteiger partial charge in [-0.2, -0.15) is 0 Å². The SMILES string of the molecule is CCOC(=O)C1=C(C)N=c2s/c(=C/c3cccc(OC)c3OC)c(=O)n2C1c1ccc(C(C)C)cc1. The number of hydrogen-bond acceptors (Lipinski definition) is 7. The molecule has 188 valence electrons. The van der Waals surface area contributed by atoms with Gasteiger partial charge in [-0.1, -0.05) is 61.6 Å². The van der Waals surface area contributed by atoms with E-state index in [2.05, 4.69) is 18.8 Å². The first-order chi connectivity index (χ1) is 17.3. The Kier molecular flexibility index (Phi) is 7.45. The highest BCUT2D eigenvalue weighted by molar-refractivity contribution is 7.07. The summed E-state index contributed by atoms with van der Waals surface area (Å²) in [6, 6.07) is 12.9. The van der Waals surface area contributed by atoms with E-state index in [1.165, 1.54) is 16.9 Å². The molecule has 0 fully saturated rings. The molecule has 0 bridgehead atoms. The van der Waals surface area contributed by atoms with E-state index in [9.17, 15) is 9.59 Å². The van der Waals surface area contributed by atoms with Crippen LogP contribution in [0, 0.1) is 0 Å². The minimum atomic E-state index is -0.643. The van der Waals surface area contributed by atoms with Crippen molar-refractivity contribution in [2.75, 3.05) is 20.8 Å². The summed E-state index contributed by atoms with van der Waals surface area (Å²) in [4.78, 5) is 32.0. The van der Waals surface area contributed by atoms with Gasteiger partial charge in [-0.25, -0.2) is 9.79 Å². The summed E-state index contributed by atoms with van der Waals surface area (Å²) in [6.07, 6.45) is 1.77. The molecular formula is C28H30N2O5S. The Balaban J connectivity index is 1.95. The molecule has 0 saturated heterocycles. The molecule has 0 aliphatic carbocycles. The zero-order valence-corrected chi connectivity index (χ0v) is 22.1. The van der Waals surface area contributed by atoms with Gasteiger partial charge in [-0.15, -0.1) is 0 Å². The van der Waals surface area contributed by atoms with E-state index in [0.717, 1.165) is 5.56 Å². The molecule has 1 aromatic heterocycles. The smallest absolute Gasteiger partial charge is 0.338 e. The van der Waals surface area contributed by atoms with Crippen molar-refractivity contribution in [3.8, 4) is 11.5 Å². The van der Waals surface area contributed by atoms with Crippen molar-refractivity contribution in [1.82, 2.24) is 4.57 Å². The number of methoxy groups -OCH3 is 2. The molecule has 2 aromatic carbocycles. The van der Waals surface area contributed by atoms with Gasteiger partial charge in [0, 0.05) is 5.56 Å². The van der Waals surface area contributed by atoms with Crippen LogP contribution in [0.15, 0.2) is 63.5 Å². The highest BCUT2D eigenvalue weighted by Gasteiger charge is 2.33. The number of allylic oxidation sites excluding steroid dienone is 1. The molecule has 0 saturated carbocycles. The number of nitrogens with zero attached hydrogens (tertiary/aromatic N) is 2. The number of ether oxygens (including phenoxy) is 3. The van der Waals surface area contributed by atoms with Gasteiger partial charge in [0.25, 0.3) is 5.56 Å². The average Bonchev–Trinajstić information content (AvgIpc) is 3.17. The molecule has 2 heterocycles. The monoisotopic (exact) mass is 506 g/mol. The normalized spacial score (nSPS) is 15.5. The van der Waals surface area contributed by atoms with Crippen molar-refractivity contribution in [3.63, 3.8) is 0 Å². The molecule has 8 heteroatoms. The second-order valence-electron chi connectivity index (χ2n) is 8.71. The van der Waals surface area contributed by atoms with Crippen molar-refractivity contribution >= 4 is 23.4 Å². The predicted molar refractivity (Wildman–Crippen MR) is 140 cm³/mol. The van der Waals surface area contributed by atoms with Gasteiger partial charge in [0.05, 0.1) is 42.7 Å². The fourth-order valence-electron chi connectivity index (χ4n) is 4.34. The summed E-state index contributed by atoms with van der Waals surface area (Å²) in [7, 11) is 3.13. The predicted octanol–water partition coefficient (Wildman–Crippen LogP) is 3.94. The van der Waals surface area contributed by atoms with Gasteiger partial charge in [-0.3, -0.25) is 9.36 Å². The fraction of sp³-hybridized carbons (Fsp3) is 0.321. The molecule has 36 heavy (non-hydrogen) atoms. The van der Waals surface area contributed by atoms with E-state index in [4.69, 9.17) is 14.2 Å². The summed E-state index contributed by atoms with van der Waals surface area (Å²) >= 11 is 1.27. The number of fused-ring (bicyclic) bond motifs is 1. The van der Waals surface area contributed by atoms with Gasteiger partial charge < -0.3 is 14.2 Å². The van der Waals surface area contributed by atoms with Crippen LogP contribution in [-0.2, 0) is 9.53 Å². The number of carbonyl (C=O) groups excluding carboxylic acids is 1. The van der Waals surface area contributed by atoms with E-state index < -0.39 is 12.0 Å². The lowest BCUT2D eigenvalue weighted by molar-refractivity contribution is -0.139. The van der Waals surface area contributed by atoms with Crippen LogP contribution in [0.3, 0.4) is 0 Å². The van der Waals surface area contributed by atoms with Gasteiger partial charge in [0.15, 0.2) is 16.3 Å². The maximum Gasteiger partial charge on any atom is 0.338 e. The zero-order chi connectivity index (χ0) is 26.0. The highest BCUT2D eigenvalue weighted by Crippen LogP contribution is 2.33. The summed E-state index contributed by atoms with van der Waals surface area (Å²) in [5.74, 6) is 0.999. The number of aromatic nitrogens is 1. The molecule has 4 rings (SSSR count). The first-order valence-corrected chi connectivity index (χ1v) is 12.6. The van der Waals surface area contributed by atoms with Gasteiger partial charge >= 0.3 is 5.97 Å². The number of esters is 1. The molecule has 0 N–H and O–H groups in total. The Labute approximate surface area is 214 Å². The standard InChI is InChI=1S/C28H30N2O5S/c1-7-35-27(32)23-17(4)29-28-30(24(23)19-13-11-18(12-14-19)16(2)3)26(31)22(36-28)15-20-9-8-10-21(33-5)25(20)34-6/h8-16,24H,7H2,1-6H3/b22-15+. The van der Waals surface area contributed by atoms with Crippen LogP contribution in [0.5, 0.6) is 11.5 Å². The summed E-state index contributed by atoms with van der Waals surface area (Å²) in [5.41, 5.74) is 3.38. The quantitative estimate of drug-likeness (QED) is 0.454. The van der Waals surface area contributed by atoms with Gasteiger partial charge in [-0.05, 0) is 43.0 Å². The van der Waals surface area contributed by atoms with E-state index in [0.29, 0.717) is 43.6 Å². The van der Waals surface area contributed by atoms with Crippen LogP contribution in [0.1, 0.15) is 56.3 Å². The van der Waals surface area contributed by atoms with Crippen molar-refractivity contribution in [1.29, 1.82) is 0 Å². The van der Waals surface area contributed by atoms with Crippen LogP contribution in [0.25, 0.3) is 6.08 Å². The van der Waals surface area contributed by atoms with Crippen LogP contribution in [0.2, 0.25) is 0 Å². The molecule has 1 atom stereocenters. The van der Waals surface area contributed by atoms with Crippen LogP contribution >= 0.6 is 11.3 Å². The second-order valence-corrected chi connectivity index (χ2v) is 9.72. The van der Waals surface area contributed by atoms with Crippen molar-refractivity contribution in [2.45, 2.75) is 39.7 Å². The first-order valence-electron chi connectivity index (χ1n) is 11.8. The Bertz CT molecular complexity index is 1500. The lowest BCUT2D eigenvalue weighted by Crippen LogP contribution is -2.39. The number of benzene rings is 2. The molecule has 0 spiro atoms. The van der Waals surface area contributed by atoms with E-state index >= 15 is 0 Å². The maximum atomic E-state index is 13.8. The van der Waals surface area contributed by atoms with E-state index in [-0.39, 0.29) is 12.2 Å². The highest BCUT2D eigenvalue weighted by atomic mass is 32.1. The topological polar surface area (TPSA) is 79.1 Å². The number of rotatable bonds is 7. The molecule has 0 radical (unpaired) electrons. The maximum absolute atomic E-state index is 13.8. The Hall–Kier alpha value is -3.65. The average molecular weight is 507 g/mol. The Morgan fingerprint density at radius 1 is 1.14 bits per heavy atom. The van der Waals surface area contributed by atoms with Gasteiger partial charge in [0.1, 0.15) is 0 Å². The first kappa shape index (κ1) is 25.4. The minimum absolute atomic E-state index is 0.231. The van der Waals surface area contributed by atoms with E-state index in [1.54, 1.807) is 44.8 Å².